The Morgan fingerprint density at radius 1 is 0.219 bits per heavy atom. The molecule has 3 amide bonds. The van der Waals surface area contributed by atoms with E-state index in [4.69, 9.17) is 99.5 Å². The fourth-order valence-corrected chi connectivity index (χ4v) is 16.9. The van der Waals surface area contributed by atoms with Crippen molar-refractivity contribution in [1.82, 2.24) is 16.0 Å². The monoisotopic (exact) mass is 1880 g/mol. The van der Waals surface area contributed by atoms with Crippen LogP contribution in [0.4, 0.5) is 0 Å². The lowest BCUT2D eigenvalue weighted by Crippen LogP contribution is -2.72. The number of rotatable bonds is 31. The van der Waals surface area contributed by atoms with Crippen LogP contribution in [0.25, 0.3) is 0 Å². The van der Waals surface area contributed by atoms with Crippen LogP contribution >= 0.6 is 0 Å². The summed E-state index contributed by atoms with van der Waals surface area (Å²) in [6.45, 7) is -2.90. The fourth-order valence-electron chi connectivity index (χ4n) is 16.9. The third kappa shape index (κ3) is 22.5. The van der Waals surface area contributed by atoms with Gasteiger partial charge in [-0.2, -0.15) is 0 Å². The predicted octanol–water partition coefficient (Wildman–Crippen LogP) is -21.5. The molecule has 0 aromatic carbocycles. The first kappa shape index (κ1) is 105. The molecule has 56 nitrogen and oxygen atoms in total. The molecule has 11 aliphatic rings. The first-order chi connectivity index (χ1) is 60.5. The van der Waals surface area contributed by atoms with Gasteiger partial charge in [-0.3, -0.25) is 14.4 Å². The lowest BCUT2D eigenvalue weighted by molar-refractivity contribution is -0.402. The van der Waals surface area contributed by atoms with Gasteiger partial charge in [-0.05, 0) is 20.8 Å². The number of carbonyl (C=O) groups is 3. The molecule has 0 spiro atoms. The standard InChI is InChI=1S/C72H121N3O53/c1-15-32(86)40(94)47(101)66(109-15)122-56-27(13-82)118-65(31(75-20(6)85)58(56)125-72-61(44(98)36(90)22(8-77)115-72)128-68-49(103)42(96)34(88)17(3)111-68)127-60-38(92)28(119-71(52(60)106)121-54-24(10-79)112-62(107)46(100)45(54)99)14-108-63-30(74-19(5)84)57(124-67-48(102)41(95)33(87)16(2)110-67)55(26(12-81)116-63)123-70-51(105)59(37(91)23(9-78)114-70)126-64-29(73-18(4)83)39(93)53(25(11-80)117-64)120-69-50(104)43(97)35(89)21(7-76)113-69/h15-17,21-72,76-82,86-107H,7-14H2,1-6H3,(H,73,83)(H,74,84)(H,75,85)/t15-,16-,17-,21+,22+,23+,24+,25+,26+,27+,28+,29+,30+,31+,32+,33+,34+,35-,36-,37-,38-,39+,40+,41+,42+,43-,44-,45+,46+,47-,48-,49-,50+,51+,52+,53+,54+,55+,56+,57+,58+,59-,60-,61+,62?,63+,64-,65-,66-,67-,68-,69-,70-,71-,72-/m0/s1. The SMILES string of the molecule is CC(=O)N[C@H]1[C@H](O[C@H]2[C@@H](O)[C@@H](CO)O[C@@H](O[C@H]3[C@H](O[C@@H]4O[C@@H](C)[C@@H](O)[C@@H](O)[C@@H]4O)[C@@H](NC(C)=O)[C@H](OC[C@H]4O[C@@H](O[C@H]5[C@H](O)[C@@H](O)C(O)O[C@@H]5CO)[C@H](O)[C@@H](O[C@@H]5O[C@H](CO)[C@@H](O[C@@H]6O[C@@H](C)[C@@H](O)[C@@H](O)[C@@H]6O)[C@H](O[C@@H]6O[C@H](CO)[C@H](O)[C@H](O)[C@H]6O[C@@H]6O[C@@H](C)[C@@H](O)[C@@H](O)[C@@H]6O)[C@H]5NC(C)=O)[C@H]4O)O[C@@H]3CO)[C@@H]2O)O[C@H](CO)[C@@H](O[C@@H]2O[C@H](CO)[C@H](O)[C@H](O)[C@H]2O)[C@@H]1O. The molecule has 1 unspecified atom stereocenters. The van der Waals surface area contributed by atoms with Gasteiger partial charge in [-0.25, -0.2) is 0 Å². The molecule has 0 aliphatic carbocycles. The van der Waals surface area contributed by atoms with Crippen LogP contribution in [0.5, 0.6) is 0 Å². The highest BCUT2D eigenvalue weighted by Gasteiger charge is 2.63. The second-order valence-electron chi connectivity index (χ2n) is 33.0. The molecule has 0 aromatic heterocycles. The third-order valence-corrected chi connectivity index (χ3v) is 24.1. The minimum Gasteiger partial charge on any atom is -0.394 e. The van der Waals surface area contributed by atoms with Crippen LogP contribution < -0.4 is 16.0 Å². The summed E-state index contributed by atoms with van der Waals surface area (Å²) < 4.78 is 127. The van der Waals surface area contributed by atoms with Crippen LogP contribution in [-0.4, -0.2) is 556 Å². The number of aliphatic hydroxyl groups is 29. The van der Waals surface area contributed by atoms with Crippen LogP contribution in [0.15, 0.2) is 0 Å². The Bertz CT molecular complexity index is 3460. The average Bonchev–Trinajstić information content (AvgIpc) is 0.759. The lowest BCUT2D eigenvalue weighted by atomic mass is 9.93. The molecule has 11 saturated heterocycles. The van der Waals surface area contributed by atoms with Gasteiger partial charge >= 0.3 is 0 Å². The summed E-state index contributed by atoms with van der Waals surface area (Å²) in [5.74, 6) is -3.04. The molecule has 0 aromatic rings. The van der Waals surface area contributed by atoms with Crippen molar-refractivity contribution in [3.05, 3.63) is 0 Å². The Hall–Kier alpha value is -3.59. The van der Waals surface area contributed by atoms with Gasteiger partial charge in [0.05, 0.1) is 71.2 Å². The maximum Gasteiger partial charge on any atom is 0.217 e. The number of carbonyl (C=O) groups excluding carboxylic acids is 3. The molecule has 56 heteroatoms. The van der Waals surface area contributed by atoms with E-state index in [1.54, 1.807) is 0 Å². The van der Waals surface area contributed by atoms with Crippen LogP contribution in [0.2, 0.25) is 0 Å². The van der Waals surface area contributed by atoms with Gasteiger partial charge in [-0.1, -0.05) is 0 Å². The van der Waals surface area contributed by atoms with Crippen molar-refractivity contribution >= 4 is 17.7 Å². The number of nitrogens with one attached hydrogen (secondary N) is 3. The van der Waals surface area contributed by atoms with Crippen LogP contribution in [0.3, 0.4) is 0 Å². The first-order valence-electron chi connectivity index (χ1n) is 41.2. The number of ether oxygens (including phenoxy) is 21. The van der Waals surface area contributed by atoms with E-state index in [0.717, 1.165) is 20.8 Å². The summed E-state index contributed by atoms with van der Waals surface area (Å²) in [6, 6.07) is -6.12. The van der Waals surface area contributed by atoms with E-state index < -0.39 is 408 Å². The summed E-state index contributed by atoms with van der Waals surface area (Å²) in [7, 11) is 0. The summed E-state index contributed by atoms with van der Waals surface area (Å²) in [6.07, 6.45) is -108. The molecule has 32 N–H and O–H groups in total. The van der Waals surface area contributed by atoms with Gasteiger partial charge in [0, 0.05) is 20.8 Å². The topological polar surface area (TPSA) is 868 Å². The molecule has 11 fully saturated rings. The van der Waals surface area contributed by atoms with Gasteiger partial charge in [0.1, 0.15) is 250 Å². The van der Waals surface area contributed by atoms with E-state index >= 15 is 0 Å². The van der Waals surface area contributed by atoms with Crippen molar-refractivity contribution in [3.8, 4) is 0 Å². The van der Waals surface area contributed by atoms with Gasteiger partial charge in [0.15, 0.2) is 69.2 Å². The van der Waals surface area contributed by atoms with Gasteiger partial charge < -0.3 is 264 Å². The summed E-state index contributed by atoms with van der Waals surface area (Å²) >= 11 is 0. The zero-order chi connectivity index (χ0) is 94.1. The van der Waals surface area contributed by atoms with E-state index in [1.165, 1.54) is 20.8 Å². The molecular weight excluding hydrogens is 1750 g/mol. The average molecular weight is 1880 g/mol. The Kier molecular flexibility index (Phi) is 37.0. The Balaban J connectivity index is 0.937. The van der Waals surface area contributed by atoms with Gasteiger partial charge in [-0.15, -0.1) is 0 Å². The normalized spacial score (nSPS) is 51.6. The van der Waals surface area contributed by atoms with E-state index in [2.05, 4.69) is 16.0 Å². The fraction of sp³-hybridized carbons (Fsp3) is 0.958. The van der Waals surface area contributed by atoms with E-state index in [1.807, 2.05) is 0 Å². The Labute approximate surface area is 725 Å². The van der Waals surface area contributed by atoms with Gasteiger partial charge in [0.25, 0.3) is 0 Å². The van der Waals surface area contributed by atoms with Crippen LogP contribution in [0, 0.1) is 0 Å². The number of hydrogen-bond donors (Lipinski definition) is 32. The zero-order valence-corrected chi connectivity index (χ0v) is 69.2. The quantitative estimate of drug-likeness (QED) is 0.0306. The predicted molar refractivity (Wildman–Crippen MR) is 393 cm³/mol. The van der Waals surface area contributed by atoms with Crippen molar-refractivity contribution in [3.63, 3.8) is 0 Å². The van der Waals surface area contributed by atoms with E-state index in [-0.39, 0.29) is 0 Å². The molecule has 11 rings (SSSR count). The van der Waals surface area contributed by atoms with Crippen molar-refractivity contribution in [1.29, 1.82) is 0 Å². The van der Waals surface area contributed by atoms with Crippen molar-refractivity contribution < 1.29 is 262 Å². The van der Waals surface area contributed by atoms with E-state index in [0.29, 0.717) is 0 Å². The summed E-state index contributed by atoms with van der Waals surface area (Å²) in [5, 5.41) is 332. The lowest BCUT2D eigenvalue weighted by Gasteiger charge is -2.52. The van der Waals surface area contributed by atoms with Crippen molar-refractivity contribution in [2.75, 3.05) is 52.9 Å². The smallest absolute Gasteiger partial charge is 0.217 e. The molecule has 11 heterocycles. The minimum atomic E-state index is -2.57. The van der Waals surface area contributed by atoms with E-state index in [9.17, 15) is 162 Å². The molecule has 0 saturated carbocycles. The molecular formula is C72H121N3O53. The largest absolute Gasteiger partial charge is 0.394 e. The number of hydrogen-bond acceptors (Lipinski definition) is 53. The highest BCUT2D eigenvalue weighted by Crippen LogP contribution is 2.43. The van der Waals surface area contributed by atoms with Crippen molar-refractivity contribution in [2.24, 2.45) is 0 Å². The molecule has 742 valence electrons. The highest BCUT2D eigenvalue weighted by atomic mass is 16.8. The highest BCUT2D eigenvalue weighted by molar-refractivity contribution is 5.74. The second kappa shape index (κ2) is 45.1. The minimum absolute atomic E-state index is 0.887. The van der Waals surface area contributed by atoms with Crippen LogP contribution in [-0.2, 0) is 114 Å². The maximum absolute atomic E-state index is 13.8. The van der Waals surface area contributed by atoms with Crippen molar-refractivity contribution in [2.45, 2.75) is 379 Å². The molecule has 0 radical (unpaired) electrons. The summed E-state index contributed by atoms with van der Waals surface area (Å²) in [5.41, 5.74) is 0. The molecule has 11 aliphatic heterocycles. The zero-order valence-electron chi connectivity index (χ0n) is 69.2. The Morgan fingerprint density at radius 2 is 0.484 bits per heavy atom. The number of amides is 3. The first-order valence-corrected chi connectivity index (χ1v) is 41.2. The molecule has 128 heavy (non-hydrogen) atoms. The second-order valence-corrected chi connectivity index (χ2v) is 33.0. The van der Waals surface area contributed by atoms with Crippen LogP contribution in [0.1, 0.15) is 41.5 Å². The maximum atomic E-state index is 13.8. The molecule has 0 bridgehead atoms. The number of aliphatic hydroxyl groups excluding tert-OH is 29. The molecule has 55 atom stereocenters. The Morgan fingerprint density at radius 3 is 0.906 bits per heavy atom. The van der Waals surface area contributed by atoms with Gasteiger partial charge in [0.2, 0.25) is 17.7 Å². The third-order valence-electron chi connectivity index (χ3n) is 24.1. The summed E-state index contributed by atoms with van der Waals surface area (Å²) in [4.78, 5) is 40.5.